The molecule has 4 rings (SSSR count). The summed E-state index contributed by atoms with van der Waals surface area (Å²) in [5.41, 5.74) is 1.30. The fraction of sp³-hybridized carbons (Fsp3) is 0.650. The summed E-state index contributed by atoms with van der Waals surface area (Å²) in [7, 11) is 0. The Morgan fingerprint density at radius 2 is 1.88 bits per heavy atom. The lowest BCUT2D eigenvalue weighted by molar-refractivity contribution is -0.126. The number of rotatable bonds is 4. The minimum atomic E-state index is 0.0582. The van der Waals surface area contributed by atoms with Crippen LogP contribution in [-0.4, -0.2) is 53.5 Å². The fourth-order valence-electron chi connectivity index (χ4n) is 4.82. The van der Waals surface area contributed by atoms with Gasteiger partial charge in [-0.05, 0) is 50.8 Å². The normalized spacial score (nSPS) is 31.1. The van der Waals surface area contributed by atoms with Crippen molar-refractivity contribution in [1.82, 2.24) is 15.1 Å². The van der Waals surface area contributed by atoms with Crippen molar-refractivity contribution >= 4 is 5.91 Å². The number of likely N-dealkylation sites (tertiary alicyclic amines) is 1. The second-order valence-electron chi connectivity index (χ2n) is 7.62. The van der Waals surface area contributed by atoms with Crippen molar-refractivity contribution in [3.8, 4) is 0 Å². The van der Waals surface area contributed by atoms with Gasteiger partial charge in [0.25, 0.3) is 0 Å². The third-order valence-corrected chi connectivity index (χ3v) is 6.08. The Balaban J connectivity index is 1.36. The molecule has 3 saturated heterocycles. The average molecular weight is 327 g/mol. The Morgan fingerprint density at radius 1 is 1.00 bits per heavy atom. The van der Waals surface area contributed by atoms with Crippen LogP contribution in [0.3, 0.4) is 0 Å². The van der Waals surface area contributed by atoms with Crippen LogP contribution in [0.2, 0.25) is 0 Å². The number of piperidine rings is 1. The van der Waals surface area contributed by atoms with Crippen LogP contribution in [-0.2, 0) is 11.3 Å². The summed E-state index contributed by atoms with van der Waals surface area (Å²) in [5.74, 6) is 0.265. The first kappa shape index (κ1) is 16.1. The first-order valence-corrected chi connectivity index (χ1v) is 9.64. The lowest BCUT2D eigenvalue weighted by atomic mass is 9.98. The minimum absolute atomic E-state index is 0.0582. The summed E-state index contributed by atoms with van der Waals surface area (Å²) < 4.78 is 0. The van der Waals surface area contributed by atoms with Crippen LogP contribution in [0.15, 0.2) is 30.3 Å². The van der Waals surface area contributed by atoms with E-state index in [4.69, 9.17) is 0 Å². The predicted molar refractivity (Wildman–Crippen MR) is 95.6 cm³/mol. The van der Waals surface area contributed by atoms with Crippen LogP contribution in [0.5, 0.6) is 0 Å². The van der Waals surface area contributed by atoms with E-state index < -0.39 is 0 Å². The number of nitrogens with zero attached hydrogens (tertiary/aromatic N) is 2. The van der Waals surface area contributed by atoms with Crippen molar-refractivity contribution < 1.29 is 4.79 Å². The Kier molecular flexibility index (Phi) is 4.86. The Labute approximate surface area is 145 Å². The van der Waals surface area contributed by atoms with Crippen LogP contribution < -0.4 is 5.32 Å². The molecule has 0 spiro atoms. The Hall–Kier alpha value is -1.39. The third-order valence-electron chi connectivity index (χ3n) is 6.08. The van der Waals surface area contributed by atoms with Crippen molar-refractivity contribution in [2.75, 3.05) is 19.6 Å². The largest absolute Gasteiger partial charge is 0.350 e. The molecule has 0 radical (unpaired) electrons. The quantitative estimate of drug-likeness (QED) is 0.922. The number of hydrogen-bond donors (Lipinski definition) is 1. The minimum Gasteiger partial charge on any atom is -0.350 e. The van der Waals surface area contributed by atoms with E-state index in [0.29, 0.717) is 12.1 Å². The highest BCUT2D eigenvalue weighted by atomic mass is 16.2. The summed E-state index contributed by atoms with van der Waals surface area (Å²) in [5, 5.41) is 3.41. The van der Waals surface area contributed by atoms with Gasteiger partial charge in [-0.25, -0.2) is 0 Å². The zero-order valence-electron chi connectivity index (χ0n) is 14.5. The van der Waals surface area contributed by atoms with E-state index in [9.17, 15) is 4.79 Å². The number of nitrogens with one attached hydrogen (secondary N) is 1. The van der Waals surface area contributed by atoms with Crippen molar-refractivity contribution in [3.63, 3.8) is 0 Å². The molecule has 0 saturated carbocycles. The first-order chi connectivity index (χ1) is 11.8. The molecule has 4 heteroatoms. The molecule has 4 nitrogen and oxygen atoms in total. The van der Waals surface area contributed by atoms with Gasteiger partial charge in [0.15, 0.2) is 0 Å². The zero-order valence-corrected chi connectivity index (χ0v) is 14.5. The van der Waals surface area contributed by atoms with E-state index in [2.05, 4.69) is 39.4 Å². The van der Waals surface area contributed by atoms with Crippen LogP contribution in [0.25, 0.3) is 0 Å². The summed E-state index contributed by atoms with van der Waals surface area (Å²) in [4.78, 5) is 17.9. The lowest BCUT2D eigenvalue weighted by Gasteiger charge is -2.33. The number of hydrogen-bond acceptors (Lipinski definition) is 3. The molecule has 3 aliphatic heterocycles. The highest BCUT2D eigenvalue weighted by molar-refractivity contribution is 5.82. The molecule has 0 unspecified atom stereocenters. The second-order valence-corrected chi connectivity index (χ2v) is 7.62. The molecular formula is C20H29N3O. The van der Waals surface area contributed by atoms with E-state index in [-0.39, 0.29) is 11.9 Å². The maximum absolute atomic E-state index is 12.9. The molecule has 1 aromatic rings. The molecular weight excluding hydrogens is 298 g/mol. The molecule has 1 aromatic carbocycles. The SMILES string of the molecule is O=C(N[C@@H]1CCN2CCCC[C@@H]12)[C@H]1CCCN1Cc1ccccc1. The van der Waals surface area contributed by atoms with Gasteiger partial charge in [0.1, 0.15) is 0 Å². The smallest absolute Gasteiger partial charge is 0.237 e. The molecule has 3 heterocycles. The molecule has 1 amide bonds. The molecule has 24 heavy (non-hydrogen) atoms. The van der Waals surface area contributed by atoms with E-state index >= 15 is 0 Å². The number of fused-ring (bicyclic) bond motifs is 1. The van der Waals surface area contributed by atoms with E-state index in [1.807, 2.05) is 6.07 Å². The number of amides is 1. The molecule has 3 atom stereocenters. The van der Waals surface area contributed by atoms with Gasteiger partial charge in [-0.2, -0.15) is 0 Å². The van der Waals surface area contributed by atoms with E-state index in [1.165, 1.54) is 31.4 Å². The number of carbonyl (C=O) groups excluding carboxylic acids is 1. The van der Waals surface area contributed by atoms with E-state index in [1.54, 1.807) is 0 Å². The first-order valence-electron chi connectivity index (χ1n) is 9.64. The number of carbonyl (C=O) groups is 1. The fourth-order valence-corrected chi connectivity index (χ4v) is 4.82. The highest BCUT2D eigenvalue weighted by Crippen LogP contribution is 2.28. The Bertz CT molecular complexity index is 561. The van der Waals surface area contributed by atoms with Crippen molar-refractivity contribution in [2.24, 2.45) is 0 Å². The van der Waals surface area contributed by atoms with Crippen LogP contribution in [0.1, 0.15) is 44.1 Å². The van der Waals surface area contributed by atoms with Crippen LogP contribution >= 0.6 is 0 Å². The topological polar surface area (TPSA) is 35.6 Å². The highest BCUT2D eigenvalue weighted by Gasteiger charge is 2.38. The monoisotopic (exact) mass is 327 g/mol. The molecule has 1 N–H and O–H groups in total. The average Bonchev–Trinajstić information content (AvgIpc) is 3.23. The standard InChI is InChI=1S/C20H29N3O/c24-20(21-17-11-14-22-12-5-4-9-18(17)22)19-10-6-13-23(19)15-16-7-2-1-3-8-16/h1-3,7-8,17-19H,4-6,9-15H2,(H,21,24)/t17-,18+,19-/m1/s1. The zero-order chi connectivity index (χ0) is 16.4. The maximum atomic E-state index is 12.9. The molecule has 0 aliphatic carbocycles. The van der Waals surface area contributed by atoms with Crippen LogP contribution in [0, 0.1) is 0 Å². The molecule has 3 aliphatic rings. The maximum Gasteiger partial charge on any atom is 0.237 e. The number of benzene rings is 1. The Morgan fingerprint density at radius 3 is 2.75 bits per heavy atom. The van der Waals surface area contributed by atoms with Gasteiger partial charge >= 0.3 is 0 Å². The summed E-state index contributed by atoms with van der Waals surface area (Å²) >= 11 is 0. The van der Waals surface area contributed by atoms with Gasteiger partial charge in [0, 0.05) is 25.2 Å². The molecule has 0 bridgehead atoms. The van der Waals surface area contributed by atoms with Gasteiger partial charge in [-0.3, -0.25) is 14.6 Å². The summed E-state index contributed by atoms with van der Waals surface area (Å²) in [6.07, 6.45) is 7.15. The molecule has 3 fully saturated rings. The van der Waals surface area contributed by atoms with Gasteiger partial charge < -0.3 is 5.32 Å². The third kappa shape index (κ3) is 3.35. The summed E-state index contributed by atoms with van der Waals surface area (Å²) in [6, 6.07) is 11.5. The lowest BCUT2D eigenvalue weighted by Crippen LogP contribution is -2.51. The van der Waals surface area contributed by atoms with E-state index in [0.717, 1.165) is 38.9 Å². The molecule has 130 valence electrons. The second kappa shape index (κ2) is 7.24. The molecule has 0 aromatic heterocycles. The van der Waals surface area contributed by atoms with Crippen LogP contribution in [0.4, 0.5) is 0 Å². The van der Waals surface area contributed by atoms with Crippen molar-refractivity contribution in [3.05, 3.63) is 35.9 Å². The van der Waals surface area contributed by atoms with Gasteiger partial charge in [0.05, 0.1) is 6.04 Å². The van der Waals surface area contributed by atoms with Gasteiger partial charge in [-0.1, -0.05) is 36.8 Å². The van der Waals surface area contributed by atoms with Gasteiger partial charge in [0.2, 0.25) is 5.91 Å². The predicted octanol–water partition coefficient (Wildman–Crippen LogP) is 2.39. The van der Waals surface area contributed by atoms with Gasteiger partial charge in [-0.15, -0.1) is 0 Å². The van der Waals surface area contributed by atoms with Crippen molar-refractivity contribution in [2.45, 2.75) is 63.2 Å². The summed E-state index contributed by atoms with van der Waals surface area (Å²) in [6.45, 7) is 4.31. The van der Waals surface area contributed by atoms with Crippen molar-refractivity contribution in [1.29, 1.82) is 0 Å².